The van der Waals surface area contributed by atoms with E-state index in [0.29, 0.717) is 0 Å². The van der Waals surface area contributed by atoms with Gasteiger partial charge in [-0.1, -0.05) is 61.5 Å². The van der Waals surface area contributed by atoms with E-state index in [1.165, 1.54) is 16.7 Å². The summed E-state index contributed by atoms with van der Waals surface area (Å²) < 4.78 is 0. The summed E-state index contributed by atoms with van der Waals surface area (Å²) in [5, 5.41) is 0. The highest BCUT2D eigenvalue weighted by Gasteiger charge is 2.03. The first-order valence-corrected chi connectivity index (χ1v) is 6.71. The molecule has 1 heteroatoms. The van der Waals surface area contributed by atoms with Gasteiger partial charge in [0.2, 0.25) is 0 Å². The van der Waals surface area contributed by atoms with Crippen molar-refractivity contribution in [2.75, 3.05) is 0 Å². The summed E-state index contributed by atoms with van der Waals surface area (Å²) in [6.07, 6.45) is 1.08. The molecule has 0 aromatic heterocycles. The van der Waals surface area contributed by atoms with Crippen LogP contribution >= 0.6 is 12.6 Å². The van der Waals surface area contributed by atoms with Crippen molar-refractivity contribution in [3.63, 3.8) is 0 Å². The molecule has 0 aliphatic carbocycles. The summed E-state index contributed by atoms with van der Waals surface area (Å²) in [6, 6.07) is 19.0. The van der Waals surface area contributed by atoms with Crippen LogP contribution in [0.3, 0.4) is 0 Å². The molecule has 0 amide bonds. The molecule has 2 rings (SSSR count). The average Bonchev–Trinajstić information content (AvgIpc) is 2.47. The van der Waals surface area contributed by atoms with E-state index in [-0.39, 0.29) is 0 Å². The van der Waals surface area contributed by atoms with Gasteiger partial charge < -0.3 is 0 Å². The maximum Gasteiger partial charge on any atom is 0.0148 e. The van der Waals surface area contributed by atoms with E-state index in [9.17, 15) is 0 Å². The minimum atomic E-state index is 1.04. The molecule has 0 unspecified atom stereocenters. The molecule has 0 spiro atoms. The lowest BCUT2D eigenvalue weighted by molar-refractivity contribution is 1.14. The highest BCUT2D eigenvalue weighted by Crippen LogP contribution is 2.28. The Morgan fingerprint density at radius 3 is 2.06 bits per heavy atom. The molecule has 0 bridgehead atoms. The van der Waals surface area contributed by atoms with E-state index >= 15 is 0 Å². The molecule has 0 aliphatic rings. The van der Waals surface area contributed by atoms with Crippen LogP contribution in [0, 0.1) is 0 Å². The third kappa shape index (κ3) is 2.85. The first-order valence-electron chi connectivity index (χ1n) is 6.27. The Hall–Kier alpha value is -1.47. The Kier molecular flexibility index (Phi) is 4.27. The zero-order valence-electron chi connectivity index (χ0n) is 10.9. The third-order valence-electron chi connectivity index (χ3n) is 3.20. The summed E-state index contributed by atoms with van der Waals surface area (Å²) in [7, 11) is 0. The summed E-state index contributed by atoms with van der Waals surface area (Å²) >= 11 is 4.65. The Balaban J connectivity index is 2.37. The molecule has 0 aliphatic heterocycles. The molecule has 2 aromatic rings. The van der Waals surface area contributed by atoms with Gasteiger partial charge in [-0.2, -0.15) is 0 Å². The minimum absolute atomic E-state index is 1.04. The average molecular weight is 254 g/mol. The lowest BCUT2D eigenvalue weighted by Gasteiger charge is -2.08. The van der Waals surface area contributed by atoms with Gasteiger partial charge in [-0.05, 0) is 35.6 Å². The molecule has 0 N–H and O–H groups in total. The van der Waals surface area contributed by atoms with Gasteiger partial charge in [0.05, 0.1) is 0 Å². The third-order valence-corrected chi connectivity index (χ3v) is 3.79. The summed E-state index contributed by atoms with van der Waals surface area (Å²) in [5.74, 6) is 0. The number of benzene rings is 2. The van der Waals surface area contributed by atoms with Gasteiger partial charge in [0.1, 0.15) is 0 Å². The second-order valence-corrected chi connectivity index (χ2v) is 4.84. The van der Waals surface area contributed by atoms with Crippen LogP contribution in [-0.2, 0) is 6.42 Å². The molecule has 0 saturated heterocycles. The van der Waals surface area contributed by atoms with Gasteiger partial charge in [-0.3, -0.25) is 0 Å². The van der Waals surface area contributed by atoms with Crippen molar-refractivity contribution < 1.29 is 0 Å². The van der Waals surface area contributed by atoms with Gasteiger partial charge in [-0.15, -0.1) is 12.6 Å². The van der Waals surface area contributed by atoms with Crippen LogP contribution in [-0.4, -0.2) is 0 Å². The molecular formula is C17H18S. The van der Waals surface area contributed by atoms with Crippen LogP contribution in [0.25, 0.3) is 10.5 Å². The van der Waals surface area contributed by atoms with Crippen LogP contribution in [0.15, 0.2) is 54.6 Å². The normalized spacial score (nSPS) is 12.2. The van der Waals surface area contributed by atoms with Crippen LogP contribution in [0.5, 0.6) is 0 Å². The number of thiol groups is 1. The van der Waals surface area contributed by atoms with Crippen molar-refractivity contribution >= 4 is 23.1 Å². The number of aryl methyl sites for hydroxylation is 1. The zero-order chi connectivity index (χ0) is 13.0. The number of allylic oxidation sites excluding steroid dienone is 1. The summed E-state index contributed by atoms with van der Waals surface area (Å²) in [4.78, 5) is 1.04. The lowest BCUT2D eigenvalue weighted by Crippen LogP contribution is -1.86. The smallest absolute Gasteiger partial charge is 0.0148 e. The van der Waals surface area contributed by atoms with E-state index in [1.807, 2.05) is 18.2 Å². The monoisotopic (exact) mass is 254 g/mol. The van der Waals surface area contributed by atoms with Crippen molar-refractivity contribution in [1.29, 1.82) is 0 Å². The van der Waals surface area contributed by atoms with Crippen LogP contribution in [0.2, 0.25) is 0 Å². The molecule has 0 nitrogen and oxygen atoms in total. The highest BCUT2D eigenvalue weighted by atomic mass is 32.1. The quantitative estimate of drug-likeness (QED) is 0.574. The number of rotatable bonds is 3. The number of hydrogen-bond donors (Lipinski definition) is 1. The largest absolute Gasteiger partial charge is 0.143 e. The van der Waals surface area contributed by atoms with Crippen molar-refractivity contribution in [3.8, 4) is 0 Å². The first-order chi connectivity index (χ1) is 8.72. The molecule has 18 heavy (non-hydrogen) atoms. The van der Waals surface area contributed by atoms with E-state index < -0.39 is 0 Å². The van der Waals surface area contributed by atoms with Crippen LogP contribution in [0.1, 0.15) is 30.5 Å². The minimum Gasteiger partial charge on any atom is -0.143 e. The van der Waals surface area contributed by atoms with Crippen molar-refractivity contribution in [3.05, 3.63) is 71.3 Å². The Labute approximate surface area is 115 Å². The van der Waals surface area contributed by atoms with E-state index in [1.54, 1.807) is 0 Å². The van der Waals surface area contributed by atoms with Crippen molar-refractivity contribution in [2.24, 2.45) is 0 Å². The topological polar surface area (TPSA) is 0 Å². The van der Waals surface area contributed by atoms with Gasteiger partial charge in [0.15, 0.2) is 0 Å². The molecule has 0 radical (unpaired) electrons. The van der Waals surface area contributed by atoms with Gasteiger partial charge in [0, 0.05) is 4.91 Å². The summed E-state index contributed by atoms with van der Waals surface area (Å²) in [5.41, 5.74) is 4.98. The van der Waals surface area contributed by atoms with Crippen LogP contribution < -0.4 is 0 Å². The first kappa shape index (κ1) is 13.0. The lowest BCUT2D eigenvalue weighted by atomic mass is 10.0. The molecule has 0 heterocycles. The van der Waals surface area contributed by atoms with E-state index in [0.717, 1.165) is 16.9 Å². The van der Waals surface area contributed by atoms with Gasteiger partial charge in [-0.25, -0.2) is 0 Å². The van der Waals surface area contributed by atoms with Gasteiger partial charge in [0.25, 0.3) is 0 Å². The highest BCUT2D eigenvalue weighted by molar-refractivity contribution is 7.90. The predicted octanol–water partition coefficient (Wildman–Crippen LogP) is 5.07. The fourth-order valence-corrected chi connectivity index (χ4v) is 2.22. The second kappa shape index (κ2) is 5.92. The zero-order valence-corrected chi connectivity index (χ0v) is 11.7. The van der Waals surface area contributed by atoms with E-state index in [2.05, 4.69) is 62.9 Å². The number of hydrogen-bond acceptors (Lipinski definition) is 1. The van der Waals surface area contributed by atoms with Crippen LogP contribution in [0.4, 0.5) is 0 Å². The van der Waals surface area contributed by atoms with Gasteiger partial charge >= 0.3 is 0 Å². The fourth-order valence-electron chi connectivity index (χ4n) is 1.94. The molecule has 92 valence electrons. The standard InChI is InChI=1S/C17H18S/c1-3-14-9-11-15(12-10-14)13(2)17(18)16-7-5-4-6-8-16/h4-12,18H,3H2,1-2H3/b17-13+. The SMILES string of the molecule is CCc1ccc(/C(C)=C(/S)c2ccccc2)cc1. The molecule has 0 fully saturated rings. The Morgan fingerprint density at radius 2 is 1.50 bits per heavy atom. The molecular weight excluding hydrogens is 236 g/mol. The second-order valence-electron chi connectivity index (χ2n) is 4.39. The van der Waals surface area contributed by atoms with Crippen molar-refractivity contribution in [1.82, 2.24) is 0 Å². The molecule has 0 atom stereocenters. The maximum absolute atomic E-state index is 4.65. The predicted molar refractivity (Wildman–Crippen MR) is 83.7 cm³/mol. The Bertz CT molecular complexity index is 536. The van der Waals surface area contributed by atoms with E-state index in [4.69, 9.17) is 0 Å². The summed E-state index contributed by atoms with van der Waals surface area (Å²) in [6.45, 7) is 4.29. The Morgan fingerprint density at radius 1 is 0.889 bits per heavy atom. The fraction of sp³-hybridized carbons (Fsp3) is 0.176. The molecule has 2 aromatic carbocycles. The maximum atomic E-state index is 4.65. The molecule has 0 saturated carbocycles. The van der Waals surface area contributed by atoms with Crippen molar-refractivity contribution in [2.45, 2.75) is 20.3 Å².